The molecule has 0 radical (unpaired) electrons. The fourth-order valence-corrected chi connectivity index (χ4v) is 10.3. The van der Waals surface area contributed by atoms with E-state index in [1.165, 1.54) is 161 Å². The summed E-state index contributed by atoms with van der Waals surface area (Å²) in [4.78, 5) is 37.5. The van der Waals surface area contributed by atoms with Gasteiger partial charge in [0.15, 0.2) is 12.4 Å². The first-order valence-corrected chi connectivity index (χ1v) is 37.3. The van der Waals surface area contributed by atoms with Crippen LogP contribution in [-0.2, 0) is 33.3 Å². The molecule has 0 N–H and O–H groups in total. The van der Waals surface area contributed by atoms with Gasteiger partial charge in [-0.15, -0.1) is 0 Å². The molecule has 2 atom stereocenters. The SMILES string of the molecule is CC/C=C\C/C=C\C/C=C\C/C=C\C/C=C\C/C=C\C/C=C\C/C=C\C/C=C\C/C=C\C/C=C\CCCCCCCCCC(=O)OC(COC(=O)CCCCCCCCCCCCCCCCCCCCCCCCCCC)COC(OCC[N+](C)(C)C)C(=O)[O-]. The molecule has 9 nitrogen and oxygen atoms in total. The number of carboxylic acids is 1. The number of aliphatic carboxylic acids is 1. The first kappa shape index (κ1) is 86.4. The van der Waals surface area contributed by atoms with Gasteiger partial charge in [0, 0.05) is 12.8 Å². The van der Waals surface area contributed by atoms with Crippen LogP contribution < -0.4 is 5.11 Å². The summed E-state index contributed by atoms with van der Waals surface area (Å²) in [6.07, 6.45) is 99.7. The number of nitrogens with zero attached hydrogens (tertiary/aromatic N) is 1. The van der Waals surface area contributed by atoms with Gasteiger partial charge in [-0.2, -0.15) is 0 Å². The van der Waals surface area contributed by atoms with E-state index in [1.54, 1.807) is 0 Å². The minimum absolute atomic E-state index is 0.141. The molecule has 0 amide bonds. The molecule has 0 rings (SSSR count). The maximum absolute atomic E-state index is 12.9. The lowest BCUT2D eigenvalue weighted by Crippen LogP contribution is -2.44. The van der Waals surface area contributed by atoms with E-state index in [0.717, 1.165) is 116 Å². The van der Waals surface area contributed by atoms with Gasteiger partial charge in [-0.25, -0.2) is 0 Å². The number of carbonyl (C=O) groups excluding carboxylic acids is 3. The summed E-state index contributed by atoms with van der Waals surface area (Å²) in [7, 11) is 5.93. The predicted octanol–water partition coefficient (Wildman–Crippen LogP) is 22.4. The standard InChI is InChI=1S/C82H139NO8/c1-6-8-10-12-14-16-18-20-22-24-26-28-30-32-33-34-35-36-37-38-39-40-41-42-43-44-45-46-47-49-51-53-55-57-59-61-63-65-67-69-71-73-80(85)91-78(77-90-82(81(86)87)88-75-74-83(3,4)5)76-89-79(84)72-70-68-66-64-62-60-58-56-54-52-50-48-31-29-27-25-23-21-19-17-15-13-11-9-7-2/h8,10,14,16,20,22,26,28,32-33,35-36,38-39,41-42,44-45,47,49,53,55,78,82H,6-7,9,11-13,15,17-19,21,23-25,27,29-31,34,37,40,43,46,48,50-52,54,56-77H2,1-5H3/b10-8-,16-14-,22-20-,28-26-,33-32-,36-35-,39-38-,42-41-,45-44-,49-47-,55-53-. The monoisotopic (exact) mass is 1270 g/mol. The number of allylic oxidation sites excluding steroid dienone is 22. The summed E-state index contributed by atoms with van der Waals surface area (Å²) in [6, 6.07) is 0. The van der Waals surface area contributed by atoms with Crippen LogP contribution in [0.25, 0.3) is 0 Å². The van der Waals surface area contributed by atoms with Crippen LogP contribution in [0.4, 0.5) is 0 Å². The molecule has 0 aromatic rings. The summed E-state index contributed by atoms with van der Waals surface area (Å²) < 4.78 is 22.8. The lowest BCUT2D eigenvalue weighted by atomic mass is 10.0. The minimum Gasteiger partial charge on any atom is -0.545 e. The van der Waals surface area contributed by atoms with E-state index in [-0.39, 0.29) is 38.6 Å². The van der Waals surface area contributed by atoms with Crippen molar-refractivity contribution in [3.05, 3.63) is 134 Å². The second-order valence-electron chi connectivity index (χ2n) is 25.9. The van der Waals surface area contributed by atoms with Crippen molar-refractivity contribution in [3.8, 4) is 0 Å². The van der Waals surface area contributed by atoms with Crippen LogP contribution in [0.5, 0.6) is 0 Å². The van der Waals surface area contributed by atoms with E-state index in [0.29, 0.717) is 17.4 Å². The van der Waals surface area contributed by atoms with E-state index in [9.17, 15) is 19.5 Å². The first-order valence-electron chi connectivity index (χ1n) is 37.3. The number of ether oxygens (including phenoxy) is 4. The van der Waals surface area contributed by atoms with Crippen LogP contribution in [0.2, 0.25) is 0 Å². The second kappa shape index (κ2) is 71.3. The van der Waals surface area contributed by atoms with E-state index in [2.05, 4.69) is 148 Å². The Balaban J connectivity index is 4.15. The van der Waals surface area contributed by atoms with Crippen molar-refractivity contribution in [2.24, 2.45) is 0 Å². The molecule has 0 aliphatic rings. The Morgan fingerprint density at radius 3 is 0.934 bits per heavy atom. The smallest absolute Gasteiger partial charge is 0.306 e. The number of quaternary nitrogens is 1. The molecule has 0 saturated heterocycles. The molecule has 0 aliphatic heterocycles. The van der Waals surface area contributed by atoms with Gasteiger partial charge in [0.1, 0.15) is 13.2 Å². The van der Waals surface area contributed by atoms with Crippen LogP contribution in [0, 0.1) is 0 Å². The molecule has 0 spiro atoms. The molecule has 0 aromatic heterocycles. The van der Waals surface area contributed by atoms with Crippen molar-refractivity contribution in [1.82, 2.24) is 0 Å². The summed E-state index contributed by atoms with van der Waals surface area (Å²) in [5.41, 5.74) is 0. The predicted molar refractivity (Wildman–Crippen MR) is 389 cm³/mol. The number of esters is 2. The van der Waals surface area contributed by atoms with Crippen molar-refractivity contribution in [3.63, 3.8) is 0 Å². The quantitative estimate of drug-likeness (QED) is 0.0195. The van der Waals surface area contributed by atoms with Gasteiger partial charge in [-0.1, -0.05) is 334 Å². The van der Waals surface area contributed by atoms with Crippen molar-refractivity contribution in [2.45, 2.75) is 322 Å². The number of unbranched alkanes of at least 4 members (excludes halogenated alkanes) is 31. The topological polar surface area (TPSA) is 111 Å². The van der Waals surface area contributed by atoms with Crippen LogP contribution in [0.3, 0.4) is 0 Å². The summed E-state index contributed by atoms with van der Waals surface area (Å²) in [5.74, 6) is -2.29. The summed E-state index contributed by atoms with van der Waals surface area (Å²) in [6.45, 7) is 4.65. The zero-order valence-corrected chi connectivity index (χ0v) is 59.4. The maximum Gasteiger partial charge on any atom is 0.306 e. The van der Waals surface area contributed by atoms with Crippen LogP contribution in [0.1, 0.15) is 309 Å². The van der Waals surface area contributed by atoms with E-state index in [1.807, 2.05) is 21.1 Å². The third-order valence-electron chi connectivity index (χ3n) is 15.9. The molecule has 2 unspecified atom stereocenters. The highest BCUT2D eigenvalue weighted by atomic mass is 16.7. The van der Waals surface area contributed by atoms with Gasteiger partial charge in [-0.3, -0.25) is 9.59 Å². The molecule has 520 valence electrons. The van der Waals surface area contributed by atoms with Crippen LogP contribution in [0.15, 0.2) is 134 Å². The molecule has 0 fully saturated rings. The zero-order chi connectivity index (χ0) is 66.1. The first-order chi connectivity index (χ1) is 44.6. The minimum atomic E-state index is -1.63. The average molecular weight is 1270 g/mol. The molecule has 91 heavy (non-hydrogen) atoms. The molecular formula is C82H139NO8. The number of likely N-dealkylation sites (N-methyl/N-ethyl adjacent to an activating group) is 1. The van der Waals surface area contributed by atoms with Crippen molar-refractivity contribution in [1.29, 1.82) is 0 Å². The molecule has 0 heterocycles. The largest absolute Gasteiger partial charge is 0.545 e. The third kappa shape index (κ3) is 72.7. The van der Waals surface area contributed by atoms with Gasteiger partial charge in [-0.05, 0) is 96.3 Å². The fourth-order valence-electron chi connectivity index (χ4n) is 10.3. The lowest BCUT2D eigenvalue weighted by Gasteiger charge is -2.26. The number of hydrogen-bond acceptors (Lipinski definition) is 8. The molecule has 9 heteroatoms. The Kier molecular flexibility index (Phi) is 67.7. The number of hydrogen-bond donors (Lipinski definition) is 0. The van der Waals surface area contributed by atoms with E-state index in [4.69, 9.17) is 18.9 Å². The number of rotatable bonds is 68. The molecular weight excluding hydrogens is 1130 g/mol. The van der Waals surface area contributed by atoms with Crippen molar-refractivity contribution >= 4 is 17.9 Å². The summed E-state index contributed by atoms with van der Waals surface area (Å²) in [5, 5.41) is 11.8. The van der Waals surface area contributed by atoms with E-state index >= 15 is 0 Å². The number of carbonyl (C=O) groups is 3. The van der Waals surface area contributed by atoms with Crippen LogP contribution in [-0.4, -0.2) is 82.3 Å². The maximum atomic E-state index is 12.9. The average Bonchev–Trinajstić information content (AvgIpc) is 3.53. The second-order valence-corrected chi connectivity index (χ2v) is 25.9. The fraction of sp³-hybridized carbons (Fsp3) is 0.695. The van der Waals surface area contributed by atoms with Gasteiger partial charge in [0.2, 0.25) is 0 Å². The Bertz CT molecular complexity index is 1960. The molecule has 0 bridgehead atoms. The molecule has 0 saturated carbocycles. The Hall–Kier alpha value is -4.57. The lowest BCUT2D eigenvalue weighted by molar-refractivity contribution is -0.870. The van der Waals surface area contributed by atoms with Crippen molar-refractivity contribution < 1.29 is 42.9 Å². The van der Waals surface area contributed by atoms with Gasteiger partial charge in [0.25, 0.3) is 0 Å². The Labute approximate surface area is 560 Å². The normalized spacial score (nSPS) is 13.5. The highest BCUT2D eigenvalue weighted by Gasteiger charge is 2.22. The molecule has 0 aliphatic carbocycles. The third-order valence-corrected chi connectivity index (χ3v) is 15.9. The van der Waals surface area contributed by atoms with Gasteiger partial charge >= 0.3 is 11.9 Å². The highest BCUT2D eigenvalue weighted by Crippen LogP contribution is 2.18. The summed E-state index contributed by atoms with van der Waals surface area (Å²) >= 11 is 0. The number of carboxylic acid groups (broad SMARTS) is 1. The Morgan fingerprint density at radius 1 is 0.341 bits per heavy atom. The molecule has 0 aromatic carbocycles. The highest BCUT2D eigenvalue weighted by molar-refractivity contribution is 5.70. The van der Waals surface area contributed by atoms with E-state index < -0.39 is 24.3 Å². The van der Waals surface area contributed by atoms with Crippen LogP contribution >= 0.6 is 0 Å². The van der Waals surface area contributed by atoms with Gasteiger partial charge < -0.3 is 33.3 Å². The Morgan fingerprint density at radius 2 is 0.626 bits per heavy atom. The van der Waals surface area contributed by atoms with Crippen molar-refractivity contribution in [2.75, 3.05) is 47.5 Å². The van der Waals surface area contributed by atoms with Gasteiger partial charge in [0.05, 0.1) is 40.3 Å². The zero-order valence-electron chi connectivity index (χ0n) is 59.4.